The first-order valence-corrected chi connectivity index (χ1v) is 8.11. The molecule has 0 bridgehead atoms. The fourth-order valence-corrected chi connectivity index (χ4v) is 2.67. The molecule has 1 aliphatic carbocycles. The Labute approximate surface area is 146 Å². The highest BCUT2D eigenvalue weighted by Gasteiger charge is 2.51. The third-order valence-electron chi connectivity index (χ3n) is 4.06. The maximum Gasteiger partial charge on any atom is 0.258 e. The Balaban J connectivity index is 1.66. The van der Waals surface area contributed by atoms with Gasteiger partial charge in [0.05, 0.1) is 5.41 Å². The molecule has 3 rings (SSSR count). The summed E-state index contributed by atoms with van der Waals surface area (Å²) in [6, 6.07) is 17.0. The van der Waals surface area contributed by atoms with Gasteiger partial charge < -0.3 is 11.1 Å². The highest BCUT2D eigenvalue weighted by atomic mass is 35.5. The van der Waals surface area contributed by atoms with Crippen molar-refractivity contribution in [3.63, 3.8) is 0 Å². The van der Waals surface area contributed by atoms with Gasteiger partial charge in [-0.25, -0.2) is 0 Å². The van der Waals surface area contributed by atoms with Gasteiger partial charge in [-0.3, -0.25) is 4.79 Å². The van der Waals surface area contributed by atoms with Gasteiger partial charge in [-0.15, -0.1) is 0 Å². The van der Waals surface area contributed by atoms with E-state index in [9.17, 15) is 4.79 Å². The second-order valence-electron chi connectivity index (χ2n) is 5.77. The lowest BCUT2D eigenvalue weighted by Gasteiger charge is -2.11. The second-order valence-corrected chi connectivity index (χ2v) is 6.21. The van der Waals surface area contributed by atoms with Crippen molar-refractivity contribution in [3.8, 4) is 0 Å². The van der Waals surface area contributed by atoms with E-state index in [1.807, 2.05) is 42.5 Å². The fraction of sp³-hybridized carbons (Fsp3) is 0.158. The number of nitrogens with two attached hydrogens (primary N) is 1. The predicted molar refractivity (Wildman–Crippen MR) is 98.2 cm³/mol. The molecule has 0 atom stereocenters. The van der Waals surface area contributed by atoms with Gasteiger partial charge in [-0.05, 0) is 48.7 Å². The number of aliphatic imine (C=N–C) groups is 1. The van der Waals surface area contributed by atoms with E-state index in [0.717, 1.165) is 24.1 Å². The number of carbonyl (C=O) groups excluding carboxylic acids is 1. The Kier molecular flexibility index (Phi) is 4.67. The average molecular weight is 340 g/mol. The van der Waals surface area contributed by atoms with Crippen molar-refractivity contribution in [1.82, 2.24) is 0 Å². The quantitative estimate of drug-likeness (QED) is 0.641. The Morgan fingerprint density at radius 2 is 1.79 bits per heavy atom. The Morgan fingerprint density at radius 3 is 2.42 bits per heavy atom. The largest absolute Gasteiger partial charge is 0.384 e. The van der Waals surface area contributed by atoms with E-state index in [-0.39, 0.29) is 11.7 Å². The van der Waals surface area contributed by atoms with Gasteiger partial charge in [0.2, 0.25) is 0 Å². The maximum atomic E-state index is 12.5. The first-order valence-electron chi connectivity index (χ1n) is 7.73. The lowest BCUT2D eigenvalue weighted by atomic mass is 9.95. The number of nitrogens with one attached hydrogen (secondary N) is 1. The molecule has 1 fully saturated rings. The minimum absolute atomic E-state index is 0.184. The van der Waals surface area contributed by atoms with Crippen LogP contribution in [-0.4, -0.2) is 11.7 Å². The fourth-order valence-electron chi connectivity index (χ4n) is 2.54. The smallest absolute Gasteiger partial charge is 0.258 e. The summed E-state index contributed by atoms with van der Waals surface area (Å²) in [6.07, 6.45) is 4.83. The summed E-state index contributed by atoms with van der Waals surface area (Å²) in [7, 11) is 0. The lowest BCUT2D eigenvalue weighted by Crippen LogP contribution is -2.22. The summed E-state index contributed by atoms with van der Waals surface area (Å²) in [5.74, 6) is -0.0182. The van der Waals surface area contributed by atoms with Gasteiger partial charge in [0.1, 0.15) is 5.84 Å². The van der Waals surface area contributed by atoms with Gasteiger partial charge >= 0.3 is 0 Å². The number of rotatable bonds is 5. The average Bonchev–Trinajstić information content (AvgIpc) is 3.38. The van der Waals surface area contributed by atoms with Gasteiger partial charge in [-0.2, -0.15) is 4.99 Å². The topological polar surface area (TPSA) is 67.5 Å². The van der Waals surface area contributed by atoms with Crippen LogP contribution in [0.15, 0.2) is 71.9 Å². The molecule has 0 spiro atoms. The van der Waals surface area contributed by atoms with Crippen molar-refractivity contribution >= 4 is 29.0 Å². The summed E-state index contributed by atoms with van der Waals surface area (Å²) in [5.41, 5.74) is 7.20. The van der Waals surface area contributed by atoms with Crippen LogP contribution < -0.4 is 11.1 Å². The van der Waals surface area contributed by atoms with E-state index in [4.69, 9.17) is 17.3 Å². The Bertz CT molecular complexity index is 778. The molecule has 0 aliphatic heterocycles. The molecule has 0 aromatic heterocycles. The number of anilines is 1. The molecule has 0 radical (unpaired) electrons. The number of amidine groups is 1. The zero-order chi connectivity index (χ0) is 17.0. The van der Waals surface area contributed by atoms with E-state index in [1.54, 1.807) is 24.4 Å². The van der Waals surface area contributed by atoms with Crippen molar-refractivity contribution in [3.05, 3.63) is 77.5 Å². The third-order valence-corrected chi connectivity index (χ3v) is 4.32. The van der Waals surface area contributed by atoms with Crippen LogP contribution in [0.4, 0.5) is 5.69 Å². The molecule has 122 valence electrons. The van der Waals surface area contributed by atoms with Crippen LogP contribution in [0.1, 0.15) is 18.4 Å². The van der Waals surface area contributed by atoms with Gasteiger partial charge in [-0.1, -0.05) is 41.9 Å². The SMILES string of the molecule is NC(/C=C\Nc1ccccc1)=NC(=O)C1(c2ccc(Cl)cc2)CC1. The molecular weight excluding hydrogens is 322 g/mol. The zero-order valence-electron chi connectivity index (χ0n) is 13.1. The van der Waals surface area contributed by atoms with Gasteiger partial charge in [0.15, 0.2) is 0 Å². The molecule has 24 heavy (non-hydrogen) atoms. The van der Waals surface area contributed by atoms with Crippen LogP contribution in [-0.2, 0) is 10.2 Å². The zero-order valence-corrected chi connectivity index (χ0v) is 13.8. The normalized spacial score (nSPS) is 16.1. The third kappa shape index (κ3) is 3.66. The number of hydrogen-bond donors (Lipinski definition) is 2. The molecule has 5 heteroatoms. The van der Waals surface area contributed by atoms with E-state index in [2.05, 4.69) is 10.3 Å². The molecule has 1 saturated carbocycles. The molecule has 2 aromatic carbocycles. The monoisotopic (exact) mass is 339 g/mol. The van der Waals surface area contributed by atoms with Crippen LogP contribution in [0.2, 0.25) is 5.02 Å². The van der Waals surface area contributed by atoms with Crippen LogP contribution in [0.3, 0.4) is 0 Å². The molecule has 2 aromatic rings. The van der Waals surface area contributed by atoms with Gasteiger partial charge in [0, 0.05) is 16.9 Å². The highest BCUT2D eigenvalue weighted by molar-refractivity contribution is 6.30. The first kappa shape index (κ1) is 16.3. The number of nitrogens with zero attached hydrogens (tertiary/aromatic N) is 1. The first-order chi connectivity index (χ1) is 11.6. The Morgan fingerprint density at radius 1 is 1.12 bits per heavy atom. The minimum Gasteiger partial charge on any atom is -0.384 e. The summed E-state index contributed by atoms with van der Waals surface area (Å²) >= 11 is 5.91. The minimum atomic E-state index is -0.532. The summed E-state index contributed by atoms with van der Waals surface area (Å²) in [5, 5.41) is 3.73. The van der Waals surface area contributed by atoms with Crippen LogP contribution in [0.25, 0.3) is 0 Å². The summed E-state index contributed by atoms with van der Waals surface area (Å²) in [6.45, 7) is 0. The molecular formula is C19H18ClN3O. The van der Waals surface area contributed by atoms with Crippen molar-refractivity contribution < 1.29 is 4.79 Å². The van der Waals surface area contributed by atoms with Crippen molar-refractivity contribution in [2.24, 2.45) is 10.7 Å². The molecule has 0 heterocycles. The van der Waals surface area contributed by atoms with Crippen molar-refractivity contribution in [2.75, 3.05) is 5.32 Å². The van der Waals surface area contributed by atoms with Crippen LogP contribution >= 0.6 is 11.6 Å². The van der Waals surface area contributed by atoms with E-state index >= 15 is 0 Å². The second kappa shape index (κ2) is 6.89. The molecule has 0 unspecified atom stereocenters. The van der Waals surface area contributed by atoms with Crippen molar-refractivity contribution in [2.45, 2.75) is 18.3 Å². The number of para-hydroxylation sites is 1. The lowest BCUT2D eigenvalue weighted by molar-refractivity contribution is -0.120. The summed E-state index contributed by atoms with van der Waals surface area (Å²) < 4.78 is 0. The summed E-state index contributed by atoms with van der Waals surface area (Å²) in [4.78, 5) is 16.5. The van der Waals surface area contributed by atoms with E-state index in [0.29, 0.717) is 5.02 Å². The van der Waals surface area contributed by atoms with Crippen LogP contribution in [0.5, 0.6) is 0 Å². The number of carbonyl (C=O) groups is 1. The van der Waals surface area contributed by atoms with Crippen LogP contribution in [0, 0.1) is 0 Å². The number of benzene rings is 2. The van der Waals surface area contributed by atoms with E-state index in [1.165, 1.54) is 0 Å². The molecule has 1 amide bonds. The predicted octanol–water partition coefficient (Wildman–Crippen LogP) is 3.88. The van der Waals surface area contributed by atoms with Gasteiger partial charge in [0.25, 0.3) is 5.91 Å². The van der Waals surface area contributed by atoms with E-state index < -0.39 is 5.41 Å². The standard InChI is InChI=1S/C19H18ClN3O/c20-15-8-6-14(7-9-15)19(11-12-19)18(24)23-17(21)10-13-22-16-4-2-1-3-5-16/h1-10,13,22H,11-12H2,(H2,21,23,24)/b13-10-. The molecule has 1 aliphatic rings. The molecule has 4 nitrogen and oxygen atoms in total. The number of amides is 1. The van der Waals surface area contributed by atoms with Crippen molar-refractivity contribution in [1.29, 1.82) is 0 Å². The number of hydrogen-bond acceptors (Lipinski definition) is 2. The maximum absolute atomic E-state index is 12.5. The number of halogens is 1. The molecule has 0 saturated heterocycles. The Hall–Kier alpha value is -2.59. The highest BCUT2D eigenvalue weighted by Crippen LogP contribution is 2.49. The molecule has 3 N–H and O–H groups in total.